The maximum Gasteiger partial charge on any atom is 0.233 e. The molecule has 0 aromatic heterocycles. The lowest BCUT2D eigenvalue weighted by Crippen LogP contribution is -2.71. The second-order valence-electron chi connectivity index (χ2n) is 10.1. The van der Waals surface area contributed by atoms with Crippen molar-refractivity contribution in [1.82, 2.24) is 0 Å². The summed E-state index contributed by atoms with van der Waals surface area (Å²) >= 11 is 3.53. The summed E-state index contributed by atoms with van der Waals surface area (Å²) in [7, 11) is 0. The Hall–Kier alpha value is -1.63. The Kier molecular flexibility index (Phi) is 4.13. The molecule has 1 amide bonds. The van der Waals surface area contributed by atoms with Crippen molar-refractivity contribution in [2.24, 2.45) is 27.1 Å². The van der Waals surface area contributed by atoms with Crippen LogP contribution >= 0.6 is 15.9 Å². The van der Waals surface area contributed by atoms with Gasteiger partial charge >= 0.3 is 0 Å². The van der Waals surface area contributed by atoms with E-state index >= 15 is 0 Å². The number of nitrogens with two attached hydrogens (primary N) is 1. The number of oxime groups is 1. The molecular formula is C22H27BrFN3O2. The number of benzene rings is 1. The average Bonchev–Trinajstić information content (AvgIpc) is 2.69. The minimum Gasteiger partial charge on any atom is -0.409 e. The van der Waals surface area contributed by atoms with Gasteiger partial charge in [0.1, 0.15) is 11.5 Å². The molecule has 29 heavy (non-hydrogen) atoms. The molecular weight excluding hydrogens is 437 g/mol. The third kappa shape index (κ3) is 2.83. The van der Waals surface area contributed by atoms with E-state index < -0.39 is 11.1 Å². The zero-order valence-electron chi connectivity index (χ0n) is 16.5. The van der Waals surface area contributed by atoms with Crippen molar-refractivity contribution in [2.45, 2.75) is 63.5 Å². The molecule has 1 aromatic carbocycles. The number of alkyl halides is 1. The van der Waals surface area contributed by atoms with Crippen LogP contribution in [0.4, 0.5) is 10.1 Å². The summed E-state index contributed by atoms with van der Waals surface area (Å²) in [6, 6.07) is 7.86. The van der Waals surface area contributed by atoms with Gasteiger partial charge in [0, 0.05) is 22.1 Å². The molecule has 3 N–H and O–H groups in total. The highest BCUT2D eigenvalue weighted by atomic mass is 79.9. The number of amidine groups is 1. The number of rotatable bonds is 5. The van der Waals surface area contributed by atoms with Gasteiger partial charge in [-0.1, -0.05) is 27.2 Å². The van der Waals surface area contributed by atoms with Gasteiger partial charge in [0.15, 0.2) is 0 Å². The molecule has 6 fully saturated rings. The maximum absolute atomic E-state index is 14.1. The SMILES string of the molecule is N/C(=N/O)C12CCC(CN(C(=O)C34CC(F)(C3)C4)c3cccc(Br)c3)(CC1)CC2. The third-order valence-corrected chi connectivity index (χ3v) is 8.82. The fourth-order valence-electron chi connectivity index (χ4n) is 6.43. The smallest absolute Gasteiger partial charge is 0.233 e. The van der Waals surface area contributed by atoms with Gasteiger partial charge in [-0.2, -0.15) is 0 Å². The van der Waals surface area contributed by atoms with Crippen LogP contribution in [0.25, 0.3) is 0 Å². The number of amides is 1. The Morgan fingerprint density at radius 1 is 1.14 bits per heavy atom. The van der Waals surface area contributed by atoms with Crippen LogP contribution < -0.4 is 10.6 Å². The summed E-state index contributed by atoms with van der Waals surface area (Å²) in [6.07, 6.45) is 6.68. The fraction of sp³-hybridized carbons (Fsp3) is 0.636. The summed E-state index contributed by atoms with van der Waals surface area (Å²) in [5.41, 5.74) is 5.18. The molecule has 0 unspecified atom stereocenters. The quantitative estimate of drug-likeness (QED) is 0.286. The van der Waals surface area contributed by atoms with Gasteiger partial charge in [0.2, 0.25) is 5.91 Å². The number of anilines is 1. The largest absolute Gasteiger partial charge is 0.409 e. The average molecular weight is 464 g/mol. The van der Waals surface area contributed by atoms with Gasteiger partial charge in [0.25, 0.3) is 0 Å². The first-order valence-electron chi connectivity index (χ1n) is 10.5. The Bertz CT molecular complexity index is 857. The van der Waals surface area contributed by atoms with E-state index in [-0.39, 0.29) is 16.7 Å². The molecule has 0 heterocycles. The van der Waals surface area contributed by atoms with Gasteiger partial charge in [0.05, 0.1) is 5.41 Å². The molecule has 6 aliphatic rings. The van der Waals surface area contributed by atoms with Crippen molar-refractivity contribution in [3.8, 4) is 0 Å². The number of carbonyl (C=O) groups excluding carboxylic acids is 1. The van der Waals surface area contributed by atoms with E-state index in [4.69, 9.17) is 5.73 Å². The van der Waals surface area contributed by atoms with E-state index in [1.54, 1.807) is 0 Å². The van der Waals surface area contributed by atoms with Gasteiger partial charge in [-0.05, 0) is 81.4 Å². The molecule has 6 saturated carbocycles. The van der Waals surface area contributed by atoms with Crippen molar-refractivity contribution in [3.63, 3.8) is 0 Å². The third-order valence-electron chi connectivity index (χ3n) is 8.33. The van der Waals surface area contributed by atoms with Crippen LogP contribution in [0.2, 0.25) is 0 Å². The van der Waals surface area contributed by atoms with E-state index in [0.29, 0.717) is 31.6 Å². The van der Waals surface area contributed by atoms with Crippen molar-refractivity contribution in [3.05, 3.63) is 28.7 Å². The standard InChI is InChI=1S/C22H27BrFN3O2/c23-15-2-1-3-16(10-15)27(18(28)21-11-22(24,12-21)13-21)14-19-4-7-20(8-5-19,9-6-19)17(25)26-29/h1-3,10,29H,4-9,11-14H2,(H2,25,26). The van der Waals surface area contributed by atoms with E-state index in [1.807, 2.05) is 29.2 Å². The number of carbonyl (C=O) groups is 1. The van der Waals surface area contributed by atoms with Crippen molar-refractivity contribution in [1.29, 1.82) is 0 Å². The second-order valence-corrected chi connectivity index (χ2v) is 11.0. The van der Waals surface area contributed by atoms with E-state index in [1.165, 1.54) is 0 Å². The minimum atomic E-state index is -1.09. The van der Waals surface area contributed by atoms with Crippen LogP contribution in [0.1, 0.15) is 57.8 Å². The van der Waals surface area contributed by atoms with Gasteiger partial charge in [-0.3, -0.25) is 4.79 Å². The maximum atomic E-state index is 14.1. The summed E-state index contributed by atoms with van der Waals surface area (Å²) in [5, 5.41) is 12.5. The first kappa shape index (κ1) is 19.3. The first-order valence-corrected chi connectivity index (χ1v) is 11.3. The number of hydrogen-bond donors (Lipinski definition) is 2. The van der Waals surface area contributed by atoms with Crippen LogP contribution in [0, 0.1) is 16.2 Å². The zero-order valence-corrected chi connectivity index (χ0v) is 18.0. The topological polar surface area (TPSA) is 78.9 Å². The molecule has 6 aliphatic carbocycles. The lowest BCUT2D eigenvalue weighted by atomic mass is 9.41. The molecule has 7 heteroatoms. The second kappa shape index (κ2) is 6.19. The van der Waals surface area contributed by atoms with Crippen molar-refractivity contribution in [2.75, 3.05) is 11.4 Å². The molecule has 1 aromatic rings. The molecule has 7 rings (SSSR count). The van der Waals surface area contributed by atoms with Crippen LogP contribution in [-0.4, -0.2) is 29.2 Å². The predicted molar refractivity (Wildman–Crippen MR) is 113 cm³/mol. The molecule has 0 radical (unpaired) electrons. The van der Waals surface area contributed by atoms with Gasteiger partial charge in [-0.25, -0.2) is 4.39 Å². The predicted octanol–water partition coefficient (Wildman–Crippen LogP) is 4.76. The molecule has 5 nitrogen and oxygen atoms in total. The van der Waals surface area contributed by atoms with Crippen LogP contribution in [0.5, 0.6) is 0 Å². The minimum absolute atomic E-state index is 0.0480. The van der Waals surface area contributed by atoms with Crippen molar-refractivity contribution >= 4 is 33.4 Å². The number of halogens is 2. The van der Waals surface area contributed by atoms with Crippen LogP contribution in [-0.2, 0) is 4.79 Å². The number of nitrogens with zero attached hydrogens (tertiary/aromatic N) is 2. The molecule has 0 saturated heterocycles. The van der Waals surface area contributed by atoms with E-state index in [2.05, 4.69) is 21.1 Å². The molecule has 0 atom stereocenters. The lowest BCUT2D eigenvalue weighted by molar-refractivity contribution is -0.211. The fourth-order valence-corrected chi connectivity index (χ4v) is 6.81. The Morgan fingerprint density at radius 3 is 2.28 bits per heavy atom. The van der Waals surface area contributed by atoms with Gasteiger partial charge in [-0.15, -0.1) is 0 Å². The molecule has 0 spiro atoms. The Morgan fingerprint density at radius 2 is 1.76 bits per heavy atom. The molecule has 4 bridgehead atoms. The number of fused-ring (bicyclic) bond motifs is 3. The van der Waals surface area contributed by atoms with Gasteiger partial charge < -0.3 is 15.8 Å². The summed E-state index contributed by atoms with van der Waals surface area (Å²) in [4.78, 5) is 15.5. The highest BCUT2D eigenvalue weighted by molar-refractivity contribution is 9.10. The molecule has 0 aliphatic heterocycles. The Balaban J connectivity index is 1.41. The normalized spacial score (nSPS) is 40.1. The highest BCUT2D eigenvalue weighted by Crippen LogP contribution is 2.70. The van der Waals surface area contributed by atoms with E-state index in [9.17, 15) is 14.4 Å². The van der Waals surface area contributed by atoms with Crippen LogP contribution in [0.3, 0.4) is 0 Å². The van der Waals surface area contributed by atoms with Crippen LogP contribution in [0.15, 0.2) is 33.9 Å². The summed E-state index contributed by atoms with van der Waals surface area (Å²) < 4.78 is 15.1. The van der Waals surface area contributed by atoms with Crippen molar-refractivity contribution < 1.29 is 14.4 Å². The summed E-state index contributed by atoms with van der Waals surface area (Å²) in [5.74, 6) is 0.441. The Labute approximate surface area is 178 Å². The monoisotopic (exact) mass is 463 g/mol. The highest BCUT2D eigenvalue weighted by Gasteiger charge is 2.73. The summed E-state index contributed by atoms with van der Waals surface area (Å²) in [6.45, 7) is 0.662. The first-order chi connectivity index (χ1) is 13.7. The number of hydrogen-bond acceptors (Lipinski definition) is 3. The molecule has 156 valence electrons. The van der Waals surface area contributed by atoms with E-state index in [0.717, 1.165) is 48.7 Å². The lowest BCUT2D eigenvalue weighted by Gasteiger charge is -2.65. The zero-order chi connectivity index (χ0) is 20.5.